The molecule has 2 aromatic heterocycles. The Labute approximate surface area is 124 Å². The molecule has 0 radical (unpaired) electrons. The van der Waals surface area contributed by atoms with Gasteiger partial charge in [-0.2, -0.15) is 0 Å². The Hall–Kier alpha value is -1.12. The van der Waals surface area contributed by atoms with Gasteiger partial charge in [0.15, 0.2) is 11.2 Å². The summed E-state index contributed by atoms with van der Waals surface area (Å²) in [5.74, 6) is 0. The molecule has 0 aliphatic heterocycles. The van der Waals surface area contributed by atoms with Crippen molar-refractivity contribution in [1.82, 2.24) is 18.7 Å². The third kappa shape index (κ3) is 2.60. The average Bonchev–Trinajstić information content (AvgIpc) is 2.83. The molecule has 2 aromatic rings. The second-order valence-corrected chi connectivity index (χ2v) is 5.64. The molecule has 0 fully saturated rings. The fourth-order valence-corrected chi connectivity index (χ4v) is 2.66. The lowest BCUT2D eigenvalue weighted by Gasteiger charge is -2.06. The van der Waals surface area contributed by atoms with Crippen LogP contribution in [-0.2, 0) is 20.6 Å². The molecule has 0 saturated heterocycles. The number of imidazole rings is 1. The molecule has 2 rings (SSSR count). The standard InChI is InChI=1S/C12H17IN4O2/c1-15-10-9(11(18)16(2)12(15)19)17(8-14-10)7-5-3-4-6-13/h8H,3-7H2,1-2H3. The van der Waals surface area contributed by atoms with Crippen molar-refractivity contribution < 1.29 is 0 Å². The van der Waals surface area contributed by atoms with Gasteiger partial charge in [0.2, 0.25) is 0 Å². The Morgan fingerprint density at radius 1 is 1.16 bits per heavy atom. The minimum Gasteiger partial charge on any atom is -0.325 e. The van der Waals surface area contributed by atoms with Gasteiger partial charge in [-0.15, -0.1) is 0 Å². The lowest BCUT2D eigenvalue weighted by Crippen LogP contribution is -2.37. The summed E-state index contributed by atoms with van der Waals surface area (Å²) in [5.41, 5.74) is 0.359. The number of nitrogens with zero attached hydrogens (tertiary/aromatic N) is 4. The van der Waals surface area contributed by atoms with Crippen LogP contribution in [0.2, 0.25) is 0 Å². The molecule has 0 bridgehead atoms. The Bertz CT molecular complexity index is 698. The lowest BCUT2D eigenvalue weighted by atomic mass is 10.2. The summed E-state index contributed by atoms with van der Waals surface area (Å²) in [4.78, 5) is 28.1. The normalized spacial score (nSPS) is 11.3. The molecule has 0 aliphatic rings. The number of aromatic nitrogens is 4. The highest BCUT2D eigenvalue weighted by molar-refractivity contribution is 14.1. The minimum atomic E-state index is -0.340. The van der Waals surface area contributed by atoms with Crippen LogP contribution in [0.3, 0.4) is 0 Å². The molecule has 2 heterocycles. The van der Waals surface area contributed by atoms with Crippen molar-refractivity contribution in [3.63, 3.8) is 0 Å². The monoisotopic (exact) mass is 376 g/mol. The van der Waals surface area contributed by atoms with Crippen molar-refractivity contribution in [1.29, 1.82) is 0 Å². The summed E-state index contributed by atoms with van der Waals surface area (Å²) >= 11 is 2.36. The van der Waals surface area contributed by atoms with Crippen LogP contribution < -0.4 is 11.2 Å². The molecule has 7 heteroatoms. The first-order valence-corrected chi connectivity index (χ1v) is 7.77. The van der Waals surface area contributed by atoms with E-state index < -0.39 is 0 Å². The number of alkyl halides is 1. The van der Waals surface area contributed by atoms with Crippen LogP contribution >= 0.6 is 22.6 Å². The predicted octanol–water partition coefficient (Wildman–Crippen LogP) is 1.04. The van der Waals surface area contributed by atoms with E-state index in [0.717, 1.165) is 28.4 Å². The number of hydrogen-bond donors (Lipinski definition) is 0. The highest BCUT2D eigenvalue weighted by atomic mass is 127. The molecule has 19 heavy (non-hydrogen) atoms. The van der Waals surface area contributed by atoms with Crippen molar-refractivity contribution in [2.75, 3.05) is 4.43 Å². The maximum Gasteiger partial charge on any atom is 0.332 e. The van der Waals surface area contributed by atoms with Crippen LogP contribution in [0.1, 0.15) is 19.3 Å². The molecular weight excluding hydrogens is 359 g/mol. The van der Waals surface area contributed by atoms with Crippen LogP contribution in [-0.4, -0.2) is 23.1 Å². The summed E-state index contributed by atoms with van der Waals surface area (Å²) in [6.07, 6.45) is 4.98. The summed E-state index contributed by atoms with van der Waals surface area (Å²) in [6, 6.07) is 0. The number of halogens is 1. The first-order valence-electron chi connectivity index (χ1n) is 6.24. The Balaban J connectivity index is 2.43. The molecule has 104 valence electrons. The zero-order valence-corrected chi connectivity index (χ0v) is 13.3. The fraction of sp³-hybridized carbons (Fsp3) is 0.583. The van der Waals surface area contributed by atoms with E-state index in [4.69, 9.17) is 0 Å². The zero-order valence-electron chi connectivity index (χ0n) is 11.1. The molecule has 6 nitrogen and oxygen atoms in total. The van der Waals surface area contributed by atoms with E-state index in [1.165, 1.54) is 18.0 Å². The second-order valence-electron chi connectivity index (χ2n) is 4.57. The first-order chi connectivity index (χ1) is 9.07. The molecule has 0 atom stereocenters. The quantitative estimate of drug-likeness (QED) is 0.445. The topological polar surface area (TPSA) is 61.8 Å². The maximum atomic E-state index is 12.2. The smallest absolute Gasteiger partial charge is 0.325 e. The Morgan fingerprint density at radius 3 is 2.58 bits per heavy atom. The van der Waals surface area contributed by atoms with Crippen LogP contribution in [0.15, 0.2) is 15.9 Å². The number of aryl methyl sites for hydroxylation is 2. The molecule has 0 saturated carbocycles. The minimum absolute atomic E-state index is 0.274. The van der Waals surface area contributed by atoms with Crippen LogP contribution in [0, 0.1) is 0 Å². The number of fused-ring (bicyclic) bond motifs is 1. The molecule has 0 aliphatic carbocycles. The van der Waals surface area contributed by atoms with Crippen molar-refractivity contribution >= 4 is 33.8 Å². The van der Waals surface area contributed by atoms with Gasteiger partial charge in [0.25, 0.3) is 5.56 Å². The molecule has 0 aromatic carbocycles. The molecular formula is C12H17IN4O2. The summed E-state index contributed by atoms with van der Waals surface area (Å²) < 4.78 is 5.55. The van der Waals surface area contributed by atoms with Gasteiger partial charge in [0.05, 0.1) is 6.33 Å². The van der Waals surface area contributed by atoms with Gasteiger partial charge >= 0.3 is 5.69 Å². The van der Waals surface area contributed by atoms with Crippen LogP contribution in [0.25, 0.3) is 11.2 Å². The summed E-state index contributed by atoms with van der Waals surface area (Å²) in [5, 5.41) is 0. The Kier molecular flexibility index (Phi) is 4.43. The zero-order chi connectivity index (χ0) is 14.0. The third-order valence-corrected chi connectivity index (χ3v) is 4.01. The number of unbranched alkanes of at least 4 members (excludes halogenated alkanes) is 2. The molecule has 0 spiro atoms. The first kappa shape index (κ1) is 14.3. The molecule has 0 N–H and O–H groups in total. The average molecular weight is 376 g/mol. The highest BCUT2D eigenvalue weighted by Gasteiger charge is 2.13. The van der Waals surface area contributed by atoms with E-state index in [9.17, 15) is 9.59 Å². The number of hydrogen-bond acceptors (Lipinski definition) is 3. The second kappa shape index (κ2) is 5.89. The van der Waals surface area contributed by atoms with Crippen molar-refractivity contribution in [3.05, 3.63) is 27.2 Å². The lowest BCUT2D eigenvalue weighted by molar-refractivity contribution is 0.612. The Morgan fingerprint density at radius 2 is 1.89 bits per heavy atom. The van der Waals surface area contributed by atoms with Gasteiger partial charge < -0.3 is 4.57 Å². The van der Waals surface area contributed by atoms with Gasteiger partial charge in [-0.05, 0) is 17.3 Å². The fourth-order valence-electron chi connectivity index (χ4n) is 2.12. The van der Waals surface area contributed by atoms with E-state index in [0.29, 0.717) is 11.2 Å². The van der Waals surface area contributed by atoms with Gasteiger partial charge in [0, 0.05) is 20.6 Å². The van der Waals surface area contributed by atoms with Gasteiger partial charge in [-0.3, -0.25) is 13.9 Å². The van der Waals surface area contributed by atoms with E-state index >= 15 is 0 Å². The third-order valence-electron chi connectivity index (χ3n) is 3.25. The van der Waals surface area contributed by atoms with Crippen LogP contribution in [0.5, 0.6) is 0 Å². The maximum absolute atomic E-state index is 12.2. The molecule has 0 amide bonds. The van der Waals surface area contributed by atoms with E-state index in [2.05, 4.69) is 27.6 Å². The SMILES string of the molecule is Cn1c(=O)c2c(ncn2CCCCCI)n(C)c1=O. The summed E-state index contributed by atoms with van der Waals surface area (Å²) in [6.45, 7) is 0.764. The van der Waals surface area contributed by atoms with Gasteiger partial charge in [-0.1, -0.05) is 29.0 Å². The predicted molar refractivity (Wildman–Crippen MR) is 83.0 cm³/mol. The largest absolute Gasteiger partial charge is 0.332 e. The van der Waals surface area contributed by atoms with E-state index in [-0.39, 0.29) is 11.2 Å². The number of rotatable bonds is 5. The van der Waals surface area contributed by atoms with Crippen LogP contribution in [0.4, 0.5) is 0 Å². The highest BCUT2D eigenvalue weighted by Crippen LogP contribution is 2.08. The van der Waals surface area contributed by atoms with Crippen molar-refractivity contribution in [2.24, 2.45) is 14.1 Å². The van der Waals surface area contributed by atoms with Gasteiger partial charge in [-0.25, -0.2) is 9.78 Å². The van der Waals surface area contributed by atoms with E-state index in [1.807, 2.05) is 4.57 Å². The molecule has 0 unspecified atom stereocenters. The van der Waals surface area contributed by atoms with Crippen molar-refractivity contribution in [3.8, 4) is 0 Å². The van der Waals surface area contributed by atoms with Crippen molar-refractivity contribution in [2.45, 2.75) is 25.8 Å². The van der Waals surface area contributed by atoms with E-state index in [1.54, 1.807) is 13.4 Å². The van der Waals surface area contributed by atoms with Gasteiger partial charge in [0.1, 0.15) is 0 Å². The summed E-state index contributed by atoms with van der Waals surface area (Å²) in [7, 11) is 3.13.